The molecule has 1 aromatic carbocycles. The zero-order valence-corrected chi connectivity index (χ0v) is 15.5. The van der Waals surface area contributed by atoms with E-state index in [4.69, 9.17) is 0 Å². The molecular formula is C20H20BrN3O. The van der Waals surface area contributed by atoms with Crippen LogP contribution in [0.1, 0.15) is 47.3 Å². The van der Waals surface area contributed by atoms with Crippen LogP contribution >= 0.6 is 15.9 Å². The molecule has 0 radical (unpaired) electrons. The number of halogens is 1. The zero-order valence-electron chi connectivity index (χ0n) is 13.9. The van der Waals surface area contributed by atoms with Gasteiger partial charge in [-0.3, -0.25) is 4.79 Å². The molecule has 0 spiro atoms. The van der Waals surface area contributed by atoms with E-state index in [0.717, 1.165) is 34.8 Å². The molecule has 5 heteroatoms. The van der Waals surface area contributed by atoms with Crippen molar-refractivity contribution in [1.29, 1.82) is 0 Å². The first-order valence-electron chi connectivity index (χ1n) is 8.71. The summed E-state index contributed by atoms with van der Waals surface area (Å²) < 4.78 is 2.87. The molecule has 1 saturated carbocycles. The number of fused-ring (bicyclic) bond motifs is 1. The Labute approximate surface area is 155 Å². The molecule has 0 aliphatic heterocycles. The van der Waals surface area contributed by atoms with E-state index in [2.05, 4.69) is 38.5 Å². The number of aromatic nitrogens is 2. The highest BCUT2D eigenvalue weighted by Crippen LogP contribution is 2.20. The van der Waals surface area contributed by atoms with Gasteiger partial charge >= 0.3 is 0 Å². The molecule has 1 aliphatic carbocycles. The fourth-order valence-electron chi connectivity index (χ4n) is 3.50. The molecule has 0 atom stereocenters. The molecule has 0 unspecified atom stereocenters. The van der Waals surface area contributed by atoms with E-state index >= 15 is 0 Å². The summed E-state index contributed by atoms with van der Waals surface area (Å²) >= 11 is 3.47. The van der Waals surface area contributed by atoms with Gasteiger partial charge in [0.1, 0.15) is 5.69 Å². The Morgan fingerprint density at radius 3 is 2.72 bits per heavy atom. The maximum absolute atomic E-state index is 12.6. The van der Waals surface area contributed by atoms with Gasteiger partial charge < -0.3 is 5.32 Å². The number of nitrogens with zero attached hydrogens (tertiary/aromatic N) is 2. The Kier molecular flexibility index (Phi) is 4.57. The lowest BCUT2D eigenvalue weighted by molar-refractivity contribution is 0.0931. The van der Waals surface area contributed by atoms with E-state index < -0.39 is 0 Å². The monoisotopic (exact) mass is 397 g/mol. The predicted molar refractivity (Wildman–Crippen MR) is 102 cm³/mol. The summed E-state index contributed by atoms with van der Waals surface area (Å²) in [4.78, 5) is 12.6. The standard InChI is InChI=1S/C20H20BrN3O/c21-16-9-7-14(8-10-16)12-15-13-18(23-24-11-3-6-19(15)24)20(25)22-17-4-1-2-5-17/h3,6-11,13,17H,1-2,4-5,12H2,(H,22,25). The molecule has 0 bridgehead atoms. The first kappa shape index (κ1) is 16.3. The summed E-state index contributed by atoms with van der Waals surface area (Å²) in [6.45, 7) is 0. The Bertz CT molecular complexity index is 895. The van der Waals surface area contributed by atoms with Crippen LogP contribution in [0, 0.1) is 0 Å². The highest BCUT2D eigenvalue weighted by atomic mass is 79.9. The van der Waals surface area contributed by atoms with Crippen LogP contribution in [-0.2, 0) is 6.42 Å². The molecule has 2 heterocycles. The van der Waals surface area contributed by atoms with Crippen LogP contribution in [0.2, 0.25) is 0 Å². The van der Waals surface area contributed by atoms with E-state index in [0.29, 0.717) is 11.7 Å². The molecule has 128 valence electrons. The van der Waals surface area contributed by atoms with Gasteiger partial charge in [0.2, 0.25) is 0 Å². The van der Waals surface area contributed by atoms with Gasteiger partial charge in [0, 0.05) is 16.7 Å². The first-order chi connectivity index (χ1) is 12.2. The SMILES string of the molecule is O=C(NC1CCCC1)c1cc(Cc2ccc(Br)cc2)c2cccn2n1. The summed E-state index contributed by atoms with van der Waals surface area (Å²) in [5.41, 5.74) is 3.85. The van der Waals surface area contributed by atoms with Gasteiger partial charge in [0.15, 0.2) is 0 Å². The molecule has 4 rings (SSSR count). The molecule has 0 saturated heterocycles. The van der Waals surface area contributed by atoms with Crippen molar-refractivity contribution in [2.24, 2.45) is 0 Å². The lowest BCUT2D eigenvalue weighted by atomic mass is 10.0. The van der Waals surface area contributed by atoms with Crippen LogP contribution < -0.4 is 5.32 Å². The van der Waals surface area contributed by atoms with Gasteiger partial charge in [-0.1, -0.05) is 40.9 Å². The van der Waals surface area contributed by atoms with E-state index in [9.17, 15) is 4.79 Å². The lowest BCUT2D eigenvalue weighted by Gasteiger charge is -2.13. The van der Waals surface area contributed by atoms with Gasteiger partial charge in [-0.25, -0.2) is 4.52 Å². The van der Waals surface area contributed by atoms with Crippen LogP contribution in [0.4, 0.5) is 0 Å². The normalized spacial score (nSPS) is 14.9. The lowest BCUT2D eigenvalue weighted by Crippen LogP contribution is -2.33. The minimum Gasteiger partial charge on any atom is -0.348 e. The fraction of sp³-hybridized carbons (Fsp3) is 0.300. The van der Waals surface area contributed by atoms with Crippen molar-refractivity contribution in [2.75, 3.05) is 0 Å². The fourth-order valence-corrected chi connectivity index (χ4v) is 3.77. The number of benzene rings is 1. The van der Waals surface area contributed by atoms with Gasteiger partial charge in [-0.05, 0) is 60.7 Å². The van der Waals surface area contributed by atoms with Crippen LogP contribution in [0.25, 0.3) is 5.52 Å². The van der Waals surface area contributed by atoms with E-state index in [1.807, 2.05) is 36.5 Å². The maximum Gasteiger partial charge on any atom is 0.271 e. The second kappa shape index (κ2) is 7.00. The van der Waals surface area contributed by atoms with Crippen molar-refractivity contribution < 1.29 is 4.79 Å². The van der Waals surface area contributed by atoms with Crippen molar-refractivity contribution in [2.45, 2.75) is 38.1 Å². The summed E-state index contributed by atoms with van der Waals surface area (Å²) in [5.74, 6) is -0.0699. The van der Waals surface area contributed by atoms with Crippen molar-refractivity contribution in [3.63, 3.8) is 0 Å². The zero-order chi connectivity index (χ0) is 17.2. The molecule has 1 amide bonds. The van der Waals surface area contributed by atoms with Crippen molar-refractivity contribution in [1.82, 2.24) is 14.9 Å². The van der Waals surface area contributed by atoms with Gasteiger partial charge in [0.05, 0.1) is 5.52 Å². The molecule has 25 heavy (non-hydrogen) atoms. The van der Waals surface area contributed by atoms with Crippen molar-refractivity contribution >= 4 is 27.4 Å². The second-order valence-corrected chi connectivity index (χ2v) is 7.57. The maximum atomic E-state index is 12.6. The Hall–Kier alpha value is -2.14. The molecule has 2 aromatic heterocycles. The van der Waals surface area contributed by atoms with Crippen molar-refractivity contribution in [3.8, 4) is 0 Å². The smallest absolute Gasteiger partial charge is 0.271 e. The highest BCUT2D eigenvalue weighted by Gasteiger charge is 2.20. The minimum atomic E-state index is -0.0699. The summed E-state index contributed by atoms with van der Waals surface area (Å²) in [7, 11) is 0. The van der Waals surface area contributed by atoms with Gasteiger partial charge in [-0.2, -0.15) is 5.10 Å². The number of rotatable bonds is 4. The number of carbonyl (C=O) groups excluding carboxylic acids is 1. The number of amides is 1. The molecule has 1 N–H and O–H groups in total. The van der Waals surface area contributed by atoms with E-state index in [-0.39, 0.29) is 5.91 Å². The first-order valence-corrected chi connectivity index (χ1v) is 9.51. The topological polar surface area (TPSA) is 46.4 Å². The number of hydrogen-bond donors (Lipinski definition) is 1. The summed E-state index contributed by atoms with van der Waals surface area (Å²) in [6, 6.07) is 14.5. The third kappa shape index (κ3) is 3.61. The molecule has 1 aliphatic rings. The third-order valence-electron chi connectivity index (χ3n) is 4.81. The predicted octanol–water partition coefficient (Wildman–Crippen LogP) is 4.36. The minimum absolute atomic E-state index is 0.0699. The number of carbonyl (C=O) groups is 1. The number of hydrogen-bond acceptors (Lipinski definition) is 2. The molecule has 4 nitrogen and oxygen atoms in total. The van der Waals surface area contributed by atoms with Crippen LogP contribution in [0.3, 0.4) is 0 Å². The summed E-state index contributed by atoms with van der Waals surface area (Å²) in [6.07, 6.45) is 7.21. The molecule has 3 aromatic rings. The number of nitrogens with one attached hydrogen (secondary N) is 1. The second-order valence-electron chi connectivity index (χ2n) is 6.65. The van der Waals surface area contributed by atoms with Gasteiger partial charge in [-0.15, -0.1) is 0 Å². The largest absolute Gasteiger partial charge is 0.348 e. The van der Waals surface area contributed by atoms with E-state index in [1.165, 1.54) is 18.4 Å². The van der Waals surface area contributed by atoms with Crippen molar-refractivity contribution in [3.05, 3.63) is 70.0 Å². The molecule has 1 fully saturated rings. The molecular weight excluding hydrogens is 378 g/mol. The summed E-state index contributed by atoms with van der Waals surface area (Å²) in [5, 5.41) is 7.62. The quantitative estimate of drug-likeness (QED) is 0.710. The Morgan fingerprint density at radius 1 is 1.20 bits per heavy atom. The Morgan fingerprint density at radius 2 is 1.96 bits per heavy atom. The van der Waals surface area contributed by atoms with E-state index in [1.54, 1.807) is 4.52 Å². The van der Waals surface area contributed by atoms with Crippen LogP contribution in [0.5, 0.6) is 0 Å². The third-order valence-corrected chi connectivity index (χ3v) is 5.34. The van der Waals surface area contributed by atoms with Gasteiger partial charge in [0.25, 0.3) is 5.91 Å². The van der Waals surface area contributed by atoms with Crippen LogP contribution in [-0.4, -0.2) is 21.6 Å². The average molecular weight is 398 g/mol. The Balaban J connectivity index is 1.64. The van der Waals surface area contributed by atoms with Crippen LogP contribution in [0.15, 0.2) is 53.1 Å². The highest BCUT2D eigenvalue weighted by molar-refractivity contribution is 9.10. The average Bonchev–Trinajstić information content (AvgIpc) is 3.28.